The van der Waals surface area contributed by atoms with Gasteiger partial charge in [0.05, 0.1) is 4.90 Å². The van der Waals surface area contributed by atoms with Gasteiger partial charge in [0.25, 0.3) is 5.91 Å². The van der Waals surface area contributed by atoms with E-state index >= 15 is 0 Å². The Balaban J connectivity index is 1.66. The van der Waals surface area contributed by atoms with Gasteiger partial charge in [0, 0.05) is 32.2 Å². The van der Waals surface area contributed by atoms with E-state index in [0.29, 0.717) is 0 Å². The number of ether oxygens (including phenoxy) is 1. The second-order valence-electron chi connectivity index (χ2n) is 7.34. The molecule has 0 atom stereocenters. The summed E-state index contributed by atoms with van der Waals surface area (Å²) in [7, 11) is -3.88. The largest absolute Gasteiger partial charge is 0.478 e. The summed E-state index contributed by atoms with van der Waals surface area (Å²) in [6, 6.07) is 7.72. The maximum Gasteiger partial charge on any atom is 0.266 e. The van der Waals surface area contributed by atoms with Gasteiger partial charge >= 0.3 is 0 Å². The van der Waals surface area contributed by atoms with Crippen LogP contribution >= 0.6 is 0 Å². The van der Waals surface area contributed by atoms with Crippen LogP contribution in [-0.4, -0.2) is 55.3 Å². The Kier molecular flexibility index (Phi) is 6.09. The molecule has 0 radical (unpaired) electrons. The molecule has 6 nitrogen and oxygen atoms in total. The minimum absolute atomic E-state index is 0.000400. The number of benzene rings is 2. The van der Waals surface area contributed by atoms with Crippen LogP contribution in [0.3, 0.4) is 0 Å². The summed E-state index contributed by atoms with van der Waals surface area (Å²) in [5.74, 6) is -3.19. The van der Waals surface area contributed by atoms with Gasteiger partial charge in [0.1, 0.15) is 11.6 Å². The van der Waals surface area contributed by atoms with E-state index in [1.807, 2.05) is 0 Å². The smallest absolute Gasteiger partial charge is 0.266 e. The highest BCUT2D eigenvalue weighted by Crippen LogP contribution is 2.24. The first-order valence-corrected chi connectivity index (χ1v) is 10.6. The summed E-state index contributed by atoms with van der Waals surface area (Å²) in [4.78, 5) is 14.2. The average Bonchev–Trinajstić information content (AvgIpc) is 2.70. The van der Waals surface area contributed by atoms with Crippen molar-refractivity contribution >= 4 is 15.9 Å². The third-order valence-electron chi connectivity index (χ3n) is 4.74. The van der Waals surface area contributed by atoms with Crippen LogP contribution in [0, 0.1) is 17.5 Å². The number of hydrogen-bond donors (Lipinski definition) is 0. The Hall–Kier alpha value is -2.59. The molecule has 10 heteroatoms. The highest BCUT2D eigenvalue weighted by Gasteiger charge is 2.38. The molecule has 1 saturated heterocycles. The van der Waals surface area contributed by atoms with Crippen molar-refractivity contribution in [3.63, 3.8) is 0 Å². The fourth-order valence-corrected chi connectivity index (χ4v) is 4.62. The average molecular weight is 442 g/mol. The molecule has 162 valence electrons. The van der Waals surface area contributed by atoms with Crippen LogP contribution in [-0.2, 0) is 14.8 Å². The summed E-state index contributed by atoms with van der Waals surface area (Å²) in [6.45, 7) is 3.27. The normalized spacial score (nSPS) is 15.8. The zero-order valence-electron chi connectivity index (χ0n) is 16.4. The lowest BCUT2D eigenvalue weighted by atomic mass is 10.1. The molecule has 1 fully saturated rings. The number of sulfonamides is 1. The zero-order valence-corrected chi connectivity index (χ0v) is 17.3. The van der Waals surface area contributed by atoms with Crippen molar-refractivity contribution in [2.75, 3.05) is 26.2 Å². The van der Waals surface area contributed by atoms with Crippen molar-refractivity contribution in [1.82, 2.24) is 9.21 Å². The lowest BCUT2D eigenvalue weighted by Gasteiger charge is -2.38. The Labute approximate surface area is 172 Å². The van der Waals surface area contributed by atoms with Gasteiger partial charge in [0.2, 0.25) is 10.0 Å². The molecule has 0 bridgehead atoms. The number of amides is 1. The lowest BCUT2D eigenvalue weighted by molar-refractivity contribution is -0.146. The van der Waals surface area contributed by atoms with Gasteiger partial charge in [-0.1, -0.05) is 6.07 Å². The van der Waals surface area contributed by atoms with E-state index < -0.39 is 39.0 Å². The van der Waals surface area contributed by atoms with E-state index in [1.165, 1.54) is 41.3 Å². The summed E-state index contributed by atoms with van der Waals surface area (Å²) in [6.07, 6.45) is 0. The SMILES string of the molecule is CC(C)(Oc1ccc(F)c(F)c1)C(=O)N1CCN(S(=O)(=O)c2cccc(F)c2)CC1. The molecule has 30 heavy (non-hydrogen) atoms. The standard InChI is InChI=1S/C20H21F3N2O4S/c1-20(2,29-15-6-7-17(22)18(23)13-15)19(26)24-8-10-25(11-9-24)30(27,28)16-5-3-4-14(21)12-16/h3-7,12-13H,8-11H2,1-2H3. The predicted molar refractivity (Wildman–Crippen MR) is 103 cm³/mol. The van der Waals surface area contributed by atoms with Crippen LogP contribution in [0.15, 0.2) is 47.4 Å². The third-order valence-corrected chi connectivity index (χ3v) is 6.63. The van der Waals surface area contributed by atoms with Crippen molar-refractivity contribution in [2.24, 2.45) is 0 Å². The number of halogens is 3. The fraction of sp³-hybridized carbons (Fsp3) is 0.350. The molecule has 1 heterocycles. The maximum absolute atomic E-state index is 13.4. The van der Waals surface area contributed by atoms with E-state index in [2.05, 4.69) is 0 Å². The van der Waals surface area contributed by atoms with E-state index in [9.17, 15) is 26.4 Å². The zero-order chi connectivity index (χ0) is 22.1. The number of rotatable bonds is 5. The number of hydrogen-bond acceptors (Lipinski definition) is 4. The topological polar surface area (TPSA) is 66.9 Å². The lowest BCUT2D eigenvalue weighted by Crippen LogP contribution is -2.56. The summed E-state index contributed by atoms with van der Waals surface area (Å²) in [5.41, 5.74) is -1.38. The van der Waals surface area contributed by atoms with Crippen LogP contribution in [0.25, 0.3) is 0 Å². The summed E-state index contributed by atoms with van der Waals surface area (Å²) >= 11 is 0. The molecule has 1 aliphatic heterocycles. The van der Waals surface area contributed by atoms with Crippen molar-refractivity contribution < 1.29 is 31.1 Å². The van der Waals surface area contributed by atoms with Crippen molar-refractivity contribution in [3.05, 3.63) is 59.9 Å². The molecule has 0 saturated carbocycles. The second kappa shape index (κ2) is 8.27. The molecule has 1 amide bonds. The molecule has 0 aromatic heterocycles. The van der Waals surface area contributed by atoms with Gasteiger partial charge in [-0.05, 0) is 44.2 Å². The van der Waals surface area contributed by atoms with Gasteiger partial charge in [-0.2, -0.15) is 4.31 Å². The van der Waals surface area contributed by atoms with E-state index in [0.717, 1.165) is 24.3 Å². The Morgan fingerprint density at radius 2 is 1.63 bits per heavy atom. The van der Waals surface area contributed by atoms with Gasteiger partial charge in [-0.25, -0.2) is 21.6 Å². The van der Waals surface area contributed by atoms with E-state index in [-0.39, 0.29) is 36.8 Å². The van der Waals surface area contributed by atoms with Gasteiger partial charge < -0.3 is 9.64 Å². The number of carbonyl (C=O) groups excluding carboxylic acids is 1. The molecule has 2 aromatic rings. The molecule has 0 N–H and O–H groups in total. The number of nitrogens with zero attached hydrogens (tertiary/aromatic N) is 2. The Morgan fingerprint density at radius 3 is 2.23 bits per heavy atom. The minimum Gasteiger partial charge on any atom is -0.478 e. The van der Waals surface area contributed by atoms with Crippen LogP contribution in [0.5, 0.6) is 5.75 Å². The predicted octanol–water partition coefficient (Wildman–Crippen LogP) is 2.79. The Bertz CT molecular complexity index is 1050. The monoisotopic (exact) mass is 442 g/mol. The van der Waals surface area contributed by atoms with Crippen LogP contribution < -0.4 is 4.74 Å². The molecule has 1 aliphatic rings. The van der Waals surface area contributed by atoms with Gasteiger partial charge in [-0.3, -0.25) is 4.79 Å². The first-order valence-electron chi connectivity index (χ1n) is 9.20. The van der Waals surface area contributed by atoms with Crippen LogP contribution in [0.2, 0.25) is 0 Å². The quantitative estimate of drug-likeness (QED) is 0.714. The summed E-state index contributed by atoms with van der Waals surface area (Å²) in [5, 5.41) is 0. The van der Waals surface area contributed by atoms with Crippen molar-refractivity contribution in [3.8, 4) is 5.75 Å². The molecule has 2 aromatic carbocycles. The number of piperazine rings is 1. The Morgan fingerprint density at radius 1 is 0.967 bits per heavy atom. The molecule has 0 spiro atoms. The van der Waals surface area contributed by atoms with Crippen molar-refractivity contribution in [1.29, 1.82) is 0 Å². The third kappa shape index (κ3) is 4.59. The minimum atomic E-state index is -3.88. The van der Waals surface area contributed by atoms with Gasteiger partial charge in [-0.15, -0.1) is 0 Å². The molecule has 0 aliphatic carbocycles. The first-order chi connectivity index (χ1) is 14.0. The number of carbonyl (C=O) groups is 1. The molecular formula is C20H21F3N2O4S. The van der Waals surface area contributed by atoms with E-state index in [4.69, 9.17) is 4.74 Å². The highest BCUT2D eigenvalue weighted by molar-refractivity contribution is 7.89. The second-order valence-corrected chi connectivity index (χ2v) is 9.28. The van der Waals surface area contributed by atoms with Crippen molar-refractivity contribution in [2.45, 2.75) is 24.3 Å². The fourth-order valence-electron chi connectivity index (χ4n) is 3.17. The van der Waals surface area contributed by atoms with E-state index in [1.54, 1.807) is 0 Å². The first kappa shape index (κ1) is 22.1. The molecule has 3 rings (SSSR count). The van der Waals surface area contributed by atoms with Crippen LogP contribution in [0.1, 0.15) is 13.8 Å². The summed E-state index contributed by atoms with van der Waals surface area (Å²) < 4.78 is 72.0. The van der Waals surface area contributed by atoms with Crippen LogP contribution in [0.4, 0.5) is 13.2 Å². The maximum atomic E-state index is 13.4. The molecule has 0 unspecified atom stereocenters. The molecular weight excluding hydrogens is 421 g/mol. The van der Waals surface area contributed by atoms with Gasteiger partial charge in [0.15, 0.2) is 17.2 Å². The highest BCUT2D eigenvalue weighted by atomic mass is 32.2.